The third-order valence-electron chi connectivity index (χ3n) is 1.30. The largest absolute Gasteiger partial charge is 0.317 e. The number of rotatable bonds is 1. The summed E-state index contributed by atoms with van der Waals surface area (Å²) in [5.74, 6) is 3.65. The first kappa shape index (κ1) is 9.95. The van der Waals surface area contributed by atoms with Gasteiger partial charge < -0.3 is 4.52 Å². The third kappa shape index (κ3) is 2.68. The van der Waals surface area contributed by atoms with Crippen LogP contribution in [-0.4, -0.2) is 18.1 Å². The van der Waals surface area contributed by atoms with Gasteiger partial charge >= 0.3 is 0 Å². The lowest BCUT2D eigenvalue weighted by atomic mass is 10.3. The Kier molecular flexibility index (Phi) is 3.80. The van der Waals surface area contributed by atoms with E-state index in [9.17, 15) is 0 Å². The van der Waals surface area contributed by atoms with Gasteiger partial charge in [-0.3, -0.25) is 0 Å². The standard InChI is InChI=1S/C6H9OPS3/c1-3-6-4-5-11-8(9,7-6)10-2/h1,6H,4-5H2,2H3. The lowest BCUT2D eigenvalue weighted by Gasteiger charge is -2.27. The fourth-order valence-corrected chi connectivity index (χ4v) is 6.96. The Labute approximate surface area is 80.6 Å². The molecule has 0 saturated carbocycles. The Morgan fingerprint density at radius 2 is 2.64 bits per heavy atom. The molecule has 2 atom stereocenters. The molecule has 0 aromatic rings. The molecule has 0 aliphatic carbocycles. The van der Waals surface area contributed by atoms with Crippen LogP contribution >= 0.6 is 27.4 Å². The highest BCUT2D eigenvalue weighted by Gasteiger charge is 2.26. The average Bonchev–Trinajstić information content (AvgIpc) is 2.05. The summed E-state index contributed by atoms with van der Waals surface area (Å²) in [6, 6.07) is 0. The second kappa shape index (κ2) is 4.20. The molecule has 1 rings (SSSR count). The van der Waals surface area contributed by atoms with E-state index >= 15 is 0 Å². The van der Waals surface area contributed by atoms with E-state index < -0.39 is 4.67 Å². The lowest BCUT2D eigenvalue weighted by molar-refractivity contribution is 0.292. The van der Waals surface area contributed by atoms with E-state index in [2.05, 4.69) is 5.92 Å². The van der Waals surface area contributed by atoms with Crippen molar-refractivity contribution in [1.82, 2.24) is 0 Å². The molecular formula is C6H9OPS3. The van der Waals surface area contributed by atoms with Crippen molar-refractivity contribution in [1.29, 1.82) is 0 Å². The van der Waals surface area contributed by atoms with Crippen LogP contribution in [0.3, 0.4) is 0 Å². The molecule has 1 heterocycles. The summed E-state index contributed by atoms with van der Waals surface area (Å²) in [5.41, 5.74) is 0. The summed E-state index contributed by atoms with van der Waals surface area (Å²) in [6.07, 6.45) is 8.16. The van der Waals surface area contributed by atoms with Crippen molar-refractivity contribution in [2.24, 2.45) is 0 Å². The molecule has 1 aliphatic rings. The van der Waals surface area contributed by atoms with Gasteiger partial charge in [0.25, 0.3) is 0 Å². The summed E-state index contributed by atoms with van der Waals surface area (Å²) in [4.78, 5) is 0. The molecule has 2 unspecified atom stereocenters. The maximum Gasteiger partial charge on any atom is 0.175 e. The van der Waals surface area contributed by atoms with E-state index in [0.717, 1.165) is 12.2 Å². The van der Waals surface area contributed by atoms with Crippen LogP contribution in [0.1, 0.15) is 6.42 Å². The van der Waals surface area contributed by atoms with Gasteiger partial charge in [0.1, 0.15) is 6.10 Å². The van der Waals surface area contributed by atoms with Crippen molar-refractivity contribution in [3.05, 3.63) is 0 Å². The van der Waals surface area contributed by atoms with E-state index in [1.807, 2.05) is 6.26 Å². The normalized spacial score (nSPS) is 38.0. The van der Waals surface area contributed by atoms with E-state index in [1.165, 1.54) is 0 Å². The van der Waals surface area contributed by atoms with Crippen molar-refractivity contribution in [2.75, 3.05) is 12.0 Å². The summed E-state index contributed by atoms with van der Waals surface area (Å²) in [5, 5.41) is 0. The highest BCUT2D eigenvalue weighted by molar-refractivity contribution is 8.99. The van der Waals surface area contributed by atoms with Gasteiger partial charge in [-0.05, 0) is 24.5 Å². The first-order chi connectivity index (χ1) is 5.20. The fraction of sp³-hybridized carbons (Fsp3) is 0.667. The summed E-state index contributed by atoms with van der Waals surface area (Å²) >= 11 is 8.71. The van der Waals surface area contributed by atoms with E-state index in [0.29, 0.717) is 0 Å². The summed E-state index contributed by atoms with van der Waals surface area (Å²) in [6.45, 7) is 0. The van der Waals surface area contributed by atoms with Crippen molar-refractivity contribution >= 4 is 39.2 Å². The predicted octanol–water partition coefficient (Wildman–Crippen LogP) is 2.73. The Bertz CT molecular complexity index is 222. The van der Waals surface area contributed by atoms with Gasteiger partial charge in [0, 0.05) is 5.75 Å². The molecule has 62 valence electrons. The highest BCUT2D eigenvalue weighted by Crippen LogP contribution is 2.71. The molecular weight excluding hydrogens is 215 g/mol. The summed E-state index contributed by atoms with van der Waals surface area (Å²) in [7, 11) is 0. The molecule has 0 bridgehead atoms. The first-order valence-electron chi connectivity index (χ1n) is 3.15. The van der Waals surface area contributed by atoms with Crippen LogP contribution in [-0.2, 0) is 16.3 Å². The van der Waals surface area contributed by atoms with E-state index in [4.69, 9.17) is 22.8 Å². The maximum atomic E-state index is 5.59. The monoisotopic (exact) mass is 224 g/mol. The van der Waals surface area contributed by atoms with Crippen LogP contribution in [0.25, 0.3) is 0 Å². The predicted molar refractivity (Wildman–Crippen MR) is 58.6 cm³/mol. The maximum absolute atomic E-state index is 5.59. The van der Waals surface area contributed by atoms with Crippen LogP contribution in [0, 0.1) is 12.3 Å². The minimum atomic E-state index is -1.64. The van der Waals surface area contributed by atoms with Crippen LogP contribution in [0.2, 0.25) is 0 Å². The first-order valence-corrected chi connectivity index (χ1v) is 9.29. The van der Waals surface area contributed by atoms with Gasteiger partial charge in [0.05, 0.1) is 0 Å². The second-order valence-corrected chi connectivity index (χ2v) is 12.7. The zero-order valence-electron chi connectivity index (χ0n) is 6.15. The van der Waals surface area contributed by atoms with Gasteiger partial charge in [0.15, 0.2) is 4.67 Å². The molecule has 0 amide bonds. The zero-order valence-corrected chi connectivity index (χ0v) is 9.49. The molecule has 0 aromatic heterocycles. The van der Waals surface area contributed by atoms with Crippen molar-refractivity contribution in [3.8, 4) is 12.3 Å². The molecule has 0 spiro atoms. The van der Waals surface area contributed by atoms with Crippen LogP contribution in [0.4, 0.5) is 0 Å². The average molecular weight is 224 g/mol. The highest BCUT2D eigenvalue weighted by atomic mass is 33.2. The van der Waals surface area contributed by atoms with Crippen molar-refractivity contribution in [3.63, 3.8) is 0 Å². The Balaban J connectivity index is 2.61. The third-order valence-corrected chi connectivity index (χ3v) is 11.2. The van der Waals surface area contributed by atoms with E-state index in [1.54, 1.807) is 22.8 Å². The molecule has 1 aliphatic heterocycles. The number of hydrogen-bond donors (Lipinski definition) is 0. The van der Waals surface area contributed by atoms with Gasteiger partial charge in [-0.25, -0.2) is 0 Å². The minimum absolute atomic E-state index is 0.0328. The number of terminal acetylenes is 1. The Morgan fingerprint density at radius 1 is 1.91 bits per heavy atom. The molecule has 1 saturated heterocycles. The van der Waals surface area contributed by atoms with Gasteiger partial charge in [-0.15, -0.1) is 6.42 Å². The Morgan fingerprint density at radius 3 is 3.18 bits per heavy atom. The topological polar surface area (TPSA) is 9.23 Å². The number of hydrogen-bond acceptors (Lipinski definition) is 4. The molecule has 0 aromatic carbocycles. The molecule has 0 radical (unpaired) electrons. The van der Waals surface area contributed by atoms with Crippen LogP contribution in [0.5, 0.6) is 0 Å². The molecule has 1 nitrogen and oxygen atoms in total. The SMILES string of the molecule is C#CC1CCSP(=S)(SC)O1. The molecule has 1 fully saturated rings. The molecule has 11 heavy (non-hydrogen) atoms. The van der Waals surface area contributed by atoms with Crippen LogP contribution < -0.4 is 0 Å². The van der Waals surface area contributed by atoms with Gasteiger partial charge in [0.2, 0.25) is 0 Å². The van der Waals surface area contributed by atoms with Gasteiger partial charge in [-0.2, -0.15) is 0 Å². The lowest BCUT2D eigenvalue weighted by Crippen LogP contribution is -2.12. The quantitative estimate of drug-likeness (QED) is 0.500. The summed E-state index contributed by atoms with van der Waals surface area (Å²) < 4.78 is 3.95. The zero-order chi connectivity index (χ0) is 8.32. The molecule has 0 N–H and O–H groups in total. The molecule has 5 heteroatoms. The van der Waals surface area contributed by atoms with Crippen molar-refractivity contribution in [2.45, 2.75) is 12.5 Å². The van der Waals surface area contributed by atoms with Crippen LogP contribution in [0.15, 0.2) is 0 Å². The minimum Gasteiger partial charge on any atom is -0.317 e. The second-order valence-electron chi connectivity index (χ2n) is 2.01. The Hall–Kier alpha value is 0.870. The van der Waals surface area contributed by atoms with E-state index in [-0.39, 0.29) is 6.10 Å². The van der Waals surface area contributed by atoms with Crippen molar-refractivity contribution < 1.29 is 4.52 Å². The smallest absolute Gasteiger partial charge is 0.175 e. The fourth-order valence-electron chi connectivity index (χ4n) is 0.720. The van der Waals surface area contributed by atoms with Gasteiger partial charge in [-0.1, -0.05) is 28.7 Å².